The van der Waals surface area contributed by atoms with E-state index in [1.165, 1.54) is 6.92 Å². The van der Waals surface area contributed by atoms with Crippen LogP contribution in [-0.4, -0.2) is 66.2 Å². The molecule has 29 heavy (non-hydrogen) atoms. The standard InChI is InChI=1S/C20H23N5O4/c1-15(26)25(16-3-4-17-18(13-16)29-14-28-17)8-5-19(27)23-9-11-24(12-10-23)20-21-6-2-7-22-20/h2-4,6-7,13H,5,8-12,14H2,1H3. The SMILES string of the molecule is CC(=O)N(CCC(=O)N1CCN(c2ncccn2)CC1)c1ccc2c(c1)OCO2. The highest BCUT2D eigenvalue weighted by atomic mass is 16.7. The van der Waals surface area contributed by atoms with Gasteiger partial charge in [0.15, 0.2) is 11.5 Å². The Morgan fingerprint density at radius 2 is 1.79 bits per heavy atom. The zero-order valence-electron chi connectivity index (χ0n) is 16.3. The Morgan fingerprint density at radius 3 is 2.52 bits per heavy atom. The van der Waals surface area contributed by atoms with E-state index in [-0.39, 0.29) is 25.0 Å². The molecule has 0 spiro atoms. The van der Waals surface area contributed by atoms with E-state index in [9.17, 15) is 9.59 Å². The van der Waals surface area contributed by atoms with Crippen molar-refractivity contribution in [2.45, 2.75) is 13.3 Å². The lowest BCUT2D eigenvalue weighted by atomic mass is 10.2. The van der Waals surface area contributed by atoms with E-state index in [0.717, 1.165) is 0 Å². The molecule has 0 radical (unpaired) electrons. The third-order valence-corrected chi connectivity index (χ3v) is 5.06. The summed E-state index contributed by atoms with van der Waals surface area (Å²) in [5.41, 5.74) is 0.695. The van der Waals surface area contributed by atoms with Crippen molar-refractivity contribution in [3.8, 4) is 11.5 Å². The van der Waals surface area contributed by atoms with Crippen LogP contribution in [0.3, 0.4) is 0 Å². The van der Waals surface area contributed by atoms with Crippen LogP contribution in [0.25, 0.3) is 0 Å². The number of fused-ring (bicyclic) bond motifs is 1. The third-order valence-electron chi connectivity index (χ3n) is 5.06. The molecule has 2 aliphatic heterocycles. The summed E-state index contributed by atoms with van der Waals surface area (Å²) >= 11 is 0. The van der Waals surface area contributed by atoms with Crippen LogP contribution in [0, 0.1) is 0 Å². The number of piperazine rings is 1. The van der Waals surface area contributed by atoms with Crippen molar-refractivity contribution in [3.63, 3.8) is 0 Å². The first-order chi connectivity index (χ1) is 14.1. The molecule has 4 rings (SSSR count). The number of carbonyl (C=O) groups is 2. The smallest absolute Gasteiger partial charge is 0.231 e. The lowest BCUT2D eigenvalue weighted by Crippen LogP contribution is -2.49. The molecular formula is C20H23N5O4. The number of nitrogens with zero attached hydrogens (tertiary/aromatic N) is 5. The van der Waals surface area contributed by atoms with Crippen molar-refractivity contribution in [3.05, 3.63) is 36.7 Å². The summed E-state index contributed by atoms with van der Waals surface area (Å²) in [5, 5.41) is 0. The number of amides is 2. The predicted molar refractivity (Wildman–Crippen MR) is 106 cm³/mol. The van der Waals surface area contributed by atoms with Gasteiger partial charge < -0.3 is 24.2 Å². The summed E-state index contributed by atoms with van der Waals surface area (Å²) in [4.78, 5) is 38.8. The highest BCUT2D eigenvalue weighted by Gasteiger charge is 2.24. The Labute approximate surface area is 168 Å². The van der Waals surface area contributed by atoms with Crippen LogP contribution in [-0.2, 0) is 9.59 Å². The average molecular weight is 397 g/mol. The largest absolute Gasteiger partial charge is 0.454 e. The number of benzene rings is 1. The fourth-order valence-electron chi connectivity index (χ4n) is 3.50. The monoisotopic (exact) mass is 397 g/mol. The van der Waals surface area contributed by atoms with Gasteiger partial charge in [-0.2, -0.15) is 0 Å². The first-order valence-corrected chi connectivity index (χ1v) is 9.59. The molecule has 0 atom stereocenters. The number of rotatable bonds is 5. The topological polar surface area (TPSA) is 88.1 Å². The molecule has 3 heterocycles. The minimum atomic E-state index is -0.122. The van der Waals surface area contributed by atoms with Gasteiger partial charge in [-0.1, -0.05) is 0 Å². The van der Waals surface area contributed by atoms with Gasteiger partial charge in [-0.3, -0.25) is 9.59 Å². The molecule has 0 aliphatic carbocycles. The third kappa shape index (κ3) is 4.23. The predicted octanol–water partition coefficient (Wildman–Crippen LogP) is 1.30. The fraction of sp³-hybridized carbons (Fsp3) is 0.400. The number of aromatic nitrogens is 2. The molecule has 9 heteroatoms. The van der Waals surface area contributed by atoms with Gasteiger partial charge in [0, 0.05) is 70.2 Å². The van der Waals surface area contributed by atoms with E-state index >= 15 is 0 Å². The maximum Gasteiger partial charge on any atom is 0.231 e. The van der Waals surface area contributed by atoms with Crippen molar-refractivity contribution in [1.29, 1.82) is 0 Å². The molecule has 2 aromatic rings. The van der Waals surface area contributed by atoms with E-state index in [0.29, 0.717) is 55.9 Å². The fourth-order valence-corrected chi connectivity index (χ4v) is 3.50. The van der Waals surface area contributed by atoms with E-state index in [4.69, 9.17) is 9.47 Å². The Kier molecular flexibility index (Phi) is 5.46. The molecule has 1 fully saturated rings. The Bertz CT molecular complexity index is 884. The molecule has 0 saturated carbocycles. The summed E-state index contributed by atoms with van der Waals surface area (Å²) in [6.45, 7) is 4.59. The van der Waals surface area contributed by atoms with E-state index < -0.39 is 0 Å². The van der Waals surface area contributed by atoms with Crippen LogP contribution in [0.2, 0.25) is 0 Å². The van der Waals surface area contributed by atoms with Gasteiger partial charge in [0.2, 0.25) is 24.6 Å². The summed E-state index contributed by atoms with van der Waals surface area (Å²) < 4.78 is 10.7. The number of anilines is 2. The van der Waals surface area contributed by atoms with E-state index in [1.807, 2.05) is 4.90 Å². The van der Waals surface area contributed by atoms with Crippen LogP contribution < -0.4 is 19.3 Å². The van der Waals surface area contributed by atoms with Crippen molar-refractivity contribution in [1.82, 2.24) is 14.9 Å². The van der Waals surface area contributed by atoms with E-state index in [1.54, 1.807) is 41.6 Å². The summed E-state index contributed by atoms with van der Waals surface area (Å²) in [7, 11) is 0. The van der Waals surface area contributed by atoms with Crippen molar-refractivity contribution < 1.29 is 19.1 Å². The zero-order chi connectivity index (χ0) is 20.2. The summed E-state index contributed by atoms with van der Waals surface area (Å²) in [5.74, 6) is 1.87. The first-order valence-electron chi connectivity index (χ1n) is 9.59. The molecule has 152 valence electrons. The molecule has 0 unspecified atom stereocenters. The molecule has 1 aromatic heterocycles. The lowest BCUT2D eigenvalue weighted by Gasteiger charge is -2.35. The maximum absolute atomic E-state index is 12.7. The number of hydrogen-bond acceptors (Lipinski definition) is 7. The quantitative estimate of drug-likeness (QED) is 0.751. The molecule has 2 amide bonds. The second-order valence-corrected chi connectivity index (χ2v) is 6.87. The molecule has 2 aliphatic rings. The second kappa shape index (κ2) is 8.34. The van der Waals surface area contributed by atoms with Gasteiger partial charge >= 0.3 is 0 Å². The van der Waals surface area contributed by atoms with Gasteiger partial charge in [0.05, 0.1) is 0 Å². The first kappa shape index (κ1) is 19.0. The number of hydrogen-bond donors (Lipinski definition) is 0. The number of ether oxygens (including phenoxy) is 2. The van der Waals surface area contributed by atoms with Crippen molar-refractivity contribution in [2.24, 2.45) is 0 Å². The van der Waals surface area contributed by atoms with Crippen LogP contribution in [0.1, 0.15) is 13.3 Å². The normalized spacial score (nSPS) is 15.3. The van der Waals surface area contributed by atoms with Gasteiger partial charge in [-0.25, -0.2) is 9.97 Å². The Hall–Kier alpha value is -3.36. The highest BCUT2D eigenvalue weighted by Crippen LogP contribution is 2.35. The highest BCUT2D eigenvalue weighted by molar-refractivity contribution is 5.92. The van der Waals surface area contributed by atoms with Crippen LogP contribution in [0.15, 0.2) is 36.7 Å². The van der Waals surface area contributed by atoms with Gasteiger partial charge in [-0.15, -0.1) is 0 Å². The number of carbonyl (C=O) groups excluding carboxylic acids is 2. The Morgan fingerprint density at radius 1 is 1.07 bits per heavy atom. The van der Waals surface area contributed by atoms with Crippen molar-refractivity contribution >= 4 is 23.5 Å². The minimum Gasteiger partial charge on any atom is -0.454 e. The average Bonchev–Trinajstić information content (AvgIpc) is 3.22. The minimum absolute atomic E-state index is 0.0330. The molecule has 1 saturated heterocycles. The lowest BCUT2D eigenvalue weighted by molar-refractivity contribution is -0.131. The second-order valence-electron chi connectivity index (χ2n) is 6.87. The van der Waals surface area contributed by atoms with Crippen molar-refractivity contribution in [2.75, 3.05) is 49.3 Å². The molecular weight excluding hydrogens is 374 g/mol. The van der Waals surface area contributed by atoms with Crippen LogP contribution >= 0.6 is 0 Å². The summed E-state index contributed by atoms with van der Waals surface area (Å²) in [6, 6.07) is 7.13. The van der Waals surface area contributed by atoms with Crippen LogP contribution in [0.5, 0.6) is 11.5 Å². The van der Waals surface area contributed by atoms with E-state index in [2.05, 4.69) is 14.9 Å². The van der Waals surface area contributed by atoms with Gasteiger partial charge in [0.25, 0.3) is 0 Å². The maximum atomic E-state index is 12.7. The van der Waals surface area contributed by atoms with Crippen LogP contribution in [0.4, 0.5) is 11.6 Å². The molecule has 1 aromatic carbocycles. The van der Waals surface area contributed by atoms with Gasteiger partial charge in [-0.05, 0) is 18.2 Å². The van der Waals surface area contributed by atoms with Gasteiger partial charge in [0.1, 0.15) is 0 Å². The Balaban J connectivity index is 1.33. The molecule has 9 nitrogen and oxygen atoms in total. The molecule has 0 N–H and O–H groups in total. The molecule has 0 bridgehead atoms. The summed E-state index contributed by atoms with van der Waals surface area (Å²) in [6.07, 6.45) is 3.69. The zero-order valence-corrected chi connectivity index (χ0v) is 16.3.